The van der Waals surface area contributed by atoms with Gasteiger partial charge in [0.2, 0.25) is 11.8 Å². The summed E-state index contributed by atoms with van der Waals surface area (Å²) in [5.41, 5.74) is 0.918. The van der Waals surface area contributed by atoms with E-state index in [1.54, 1.807) is 0 Å². The third-order valence-electron chi connectivity index (χ3n) is 3.77. The first-order valence-electron chi connectivity index (χ1n) is 5.84. The van der Waals surface area contributed by atoms with Gasteiger partial charge < -0.3 is 5.11 Å². The van der Waals surface area contributed by atoms with Crippen LogP contribution in [0.4, 0.5) is 0 Å². The molecule has 1 saturated heterocycles. The zero-order chi connectivity index (χ0) is 12.9. The number of hydrogen-bond donors (Lipinski definition) is 1. The molecule has 18 heavy (non-hydrogen) atoms. The molecule has 3 rings (SSSR count). The molecule has 1 aliphatic carbocycles. The van der Waals surface area contributed by atoms with Crippen molar-refractivity contribution in [2.24, 2.45) is 17.8 Å². The molecule has 1 heterocycles. The standard InChI is InChI=1S/C13H12BrNO3/c14-9-4-2-1-3-7(9)5-15-12(17)10-8(6-16)11(10)13(15)18/h1-4,8,10-11,16H,5-6H2. The Balaban J connectivity index is 1.79. The summed E-state index contributed by atoms with van der Waals surface area (Å²) in [6, 6.07) is 7.54. The minimum atomic E-state index is -0.273. The first-order chi connectivity index (χ1) is 8.65. The zero-order valence-electron chi connectivity index (χ0n) is 9.54. The van der Waals surface area contributed by atoms with Crippen molar-refractivity contribution in [2.75, 3.05) is 6.61 Å². The van der Waals surface area contributed by atoms with Crippen molar-refractivity contribution in [3.63, 3.8) is 0 Å². The van der Waals surface area contributed by atoms with Gasteiger partial charge in [-0.1, -0.05) is 34.1 Å². The van der Waals surface area contributed by atoms with E-state index in [-0.39, 0.29) is 36.2 Å². The van der Waals surface area contributed by atoms with E-state index in [9.17, 15) is 9.59 Å². The largest absolute Gasteiger partial charge is 0.396 e. The number of rotatable bonds is 3. The van der Waals surface area contributed by atoms with Gasteiger partial charge in [-0.2, -0.15) is 0 Å². The summed E-state index contributed by atoms with van der Waals surface area (Å²) in [6.45, 7) is 0.236. The predicted octanol–water partition coefficient (Wildman–Crippen LogP) is 1.17. The SMILES string of the molecule is O=C1C2C(CO)C2C(=O)N1Cc1ccccc1Br. The molecule has 1 saturated carbocycles. The fourth-order valence-corrected chi connectivity index (χ4v) is 3.11. The second-order valence-electron chi connectivity index (χ2n) is 4.75. The summed E-state index contributed by atoms with van der Waals surface area (Å²) < 4.78 is 0.893. The molecular weight excluding hydrogens is 298 g/mol. The number of piperidine rings is 1. The van der Waals surface area contributed by atoms with Gasteiger partial charge in [0.1, 0.15) is 0 Å². The second kappa shape index (κ2) is 4.17. The summed E-state index contributed by atoms with van der Waals surface area (Å²) >= 11 is 3.41. The third kappa shape index (κ3) is 1.61. The van der Waals surface area contributed by atoms with Crippen LogP contribution in [-0.4, -0.2) is 28.4 Å². The second-order valence-corrected chi connectivity index (χ2v) is 5.61. The van der Waals surface area contributed by atoms with Crippen LogP contribution >= 0.6 is 15.9 Å². The highest BCUT2D eigenvalue weighted by Crippen LogP contribution is 2.53. The maximum absolute atomic E-state index is 12.0. The van der Waals surface area contributed by atoms with Crippen molar-refractivity contribution in [1.29, 1.82) is 0 Å². The molecule has 94 valence electrons. The Hall–Kier alpha value is -1.20. The lowest BCUT2D eigenvalue weighted by Crippen LogP contribution is -2.34. The van der Waals surface area contributed by atoms with Crippen molar-refractivity contribution in [1.82, 2.24) is 4.90 Å². The average Bonchev–Trinajstić information content (AvgIpc) is 3.04. The fraction of sp³-hybridized carbons (Fsp3) is 0.385. The van der Waals surface area contributed by atoms with Gasteiger partial charge in [-0.05, 0) is 11.6 Å². The van der Waals surface area contributed by atoms with Crippen LogP contribution in [0.15, 0.2) is 28.7 Å². The highest BCUT2D eigenvalue weighted by molar-refractivity contribution is 9.10. The van der Waals surface area contributed by atoms with E-state index in [0.29, 0.717) is 6.54 Å². The van der Waals surface area contributed by atoms with Crippen LogP contribution in [0, 0.1) is 17.8 Å². The van der Waals surface area contributed by atoms with E-state index in [0.717, 1.165) is 10.0 Å². The molecule has 2 unspecified atom stereocenters. The molecule has 0 aromatic heterocycles. The monoisotopic (exact) mass is 309 g/mol. The number of carbonyl (C=O) groups excluding carboxylic acids is 2. The van der Waals surface area contributed by atoms with E-state index >= 15 is 0 Å². The number of carbonyl (C=O) groups is 2. The molecule has 2 amide bonds. The topological polar surface area (TPSA) is 57.6 Å². The quantitative estimate of drug-likeness (QED) is 0.853. The molecular formula is C13H12BrNO3. The molecule has 2 aliphatic rings. The van der Waals surface area contributed by atoms with E-state index in [4.69, 9.17) is 5.11 Å². The van der Waals surface area contributed by atoms with Gasteiger partial charge in [0.15, 0.2) is 0 Å². The van der Waals surface area contributed by atoms with E-state index in [2.05, 4.69) is 15.9 Å². The number of likely N-dealkylation sites (tertiary alicyclic amines) is 1. The summed E-state index contributed by atoms with van der Waals surface area (Å²) in [5, 5.41) is 9.04. The zero-order valence-corrected chi connectivity index (χ0v) is 11.1. The molecule has 0 spiro atoms. The van der Waals surface area contributed by atoms with Gasteiger partial charge in [-0.25, -0.2) is 0 Å². The summed E-state index contributed by atoms with van der Waals surface area (Å²) in [6.07, 6.45) is 0. The Labute approximate surface area is 113 Å². The molecule has 1 aromatic carbocycles. The minimum Gasteiger partial charge on any atom is -0.396 e. The fourth-order valence-electron chi connectivity index (χ4n) is 2.70. The Bertz CT molecular complexity index is 509. The van der Waals surface area contributed by atoms with Crippen molar-refractivity contribution >= 4 is 27.7 Å². The normalized spacial score (nSPS) is 29.7. The first-order valence-corrected chi connectivity index (χ1v) is 6.64. The first kappa shape index (κ1) is 11.9. The number of imide groups is 1. The van der Waals surface area contributed by atoms with E-state index in [1.165, 1.54) is 4.90 Å². The molecule has 4 nitrogen and oxygen atoms in total. The minimum absolute atomic E-state index is 0.0737. The molecule has 2 atom stereocenters. The lowest BCUT2D eigenvalue weighted by molar-refractivity contribution is -0.143. The van der Waals surface area contributed by atoms with Crippen molar-refractivity contribution in [3.05, 3.63) is 34.3 Å². The number of fused-ring (bicyclic) bond motifs is 1. The Kier molecular flexibility index (Phi) is 2.75. The Morgan fingerprint density at radius 1 is 1.17 bits per heavy atom. The van der Waals surface area contributed by atoms with Crippen LogP contribution in [0.3, 0.4) is 0 Å². The molecule has 5 heteroatoms. The Morgan fingerprint density at radius 2 is 1.78 bits per heavy atom. The van der Waals surface area contributed by atoms with Gasteiger partial charge in [-0.15, -0.1) is 0 Å². The van der Waals surface area contributed by atoms with Crippen LogP contribution in [0.2, 0.25) is 0 Å². The molecule has 1 aromatic rings. The molecule has 0 bridgehead atoms. The number of aliphatic hydroxyl groups is 1. The van der Waals surface area contributed by atoms with Gasteiger partial charge in [0, 0.05) is 17.0 Å². The number of halogens is 1. The highest BCUT2D eigenvalue weighted by Gasteiger charge is 2.66. The van der Waals surface area contributed by atoms with Crippen molar-refractivity contribution in [2.45, 2.75) is 6.54 Å². The van der Waals surface area contributed by atoms with Crippen molar-refractivity contribution in [3.8, 4) is 0 Å². The third-order valence-corrected chi connectivity index (χ3v) is 4.54. The number of amides is 2. The molecule has 2 fully saturated rings. The lowest BCUT2D eigenvalue weighted by Gasteiger charge is -2.18. The van der Waals surface area contributed by atoms with Crippen LogP contribution < -0.4 is 0 Å². The number of nitrogens with zero attached hydrogens (tertiary/aromatic N) is 1. The van der Waals surface area contributed by atoms with Crippen molar-refractivity contribution < 1.29 is 14.7 Å². The summed E-state index contributed by atoms with van der Waals surface area (Å²) in [7, 11) is 0. The van der Waals surface area contributed by atoms with Crippen LogP contribution in [0.1, 0.15) is 5.56 Å². The van der Waals surface area contributed by atoms with E-state index < -0.39 is 0 Å². The smallest absolute Gasteiger partial charge is 0.233 e. The van der Waals surface area contributed by atoms with Crippen LogP contribution in [0.5, 0.6) is 0 Å². The van der Waals surface area contributed by atoms with Gasteiger partial charge in [0.25, 0.3) is 0 Å². The summed E-state index contributed by atoms with van der Waals surface area (Å²) in [5.74, 6) is -0.963. The van der Waals surface area contributed by atoms with E-state index in [1.807, 2.05) is 24.3 Å². The maximum atomic E-state index is 12.0. The lowest BCUT2D eigenvalue weighted by atomic mass is 10.2. The number of benzene rings is 1. The van der Waals surface area contributed by atoms with Crippen LogP contribution in [-0.2, 0) is 16.1 Å². The Morgan fingerprint density at radius 3 is 2.33 bits per heavy atom. The number of aliphatic hydroxyl groups excluding tert-OH is 1. The maximum Gasteiger partial charge on any atom is 0.233 e. The van der Waals surface area contributed by atoms with Crippen LogP contribution in [0.25, 0.3) is 0 Å². The molecule has 0 radical (unpaired) electrons. The number of hydrogen-bond acceptors (Lipinski definition) is 3. The molecule has 1 aliphatic heterocycles. The van der Waals surface area contributed by atoms with Gasteiger partial charge >= 0.3 is 0 Å². The van der Waals surface area contributed by atoms with Gasteiger partial charge in [0.05, 0.1) is 18.4 Å². The highest BCUT2D eigenvalue weighted by atomic mass is 79.9. The summed E-state index contributed by atoms with van der Waals surface area (Å²) in [4.78, 5) is 25.3. The predicted molar refractivity (Wildman–Crippen MR) is 67.3 cm³/mol. The van der Waals surface area contributed by atoms with Gasteiger partial charge in [-0.3, -0.25) is 14.5 Å². The molecule has 1 N–H and O–H groups in total. The average molecular weight is 310 g/mol.